The number of nitrogens with one attached hydrogen (secondary N) is 1. The number of benzene rings is 2. The quantitative estimate of drug-likeness (QED) is 0.877. The summed E-state index contributed by atoms with van der Waals surface area (Å²) < 4.78 is 53.1. The van der Waals surface area contributed by atoms with Gasteiger partial charge in [0.2, 0.25) is 10.0 Å². The van der Waals surface area contributed by atoms with Gasteiger partial charge in [0.1, 0.15) is 4.90 Å². The number of halogens is 4. The van der Waals surface area contributed by atoms with Gasteiger partial charge < -0.3 is 0 Å². The molecule has 118 valence electrons. The Morgan fingerprint density at radius 2 is 1.73 bits per heavy atom. The molecule has 0 amide bonds. The van der Waals surface area contributed by atoms with Crippen LogP contribution in [0.2, 0.25) is 10.0 Å². The predicted octanol–water partition coefficient (Wildman–Crippen LogP) is 4.31. The monoisotopic (exact) mass is 365 g/mol. The van der Waals surface area contributed by atoms with Crippen LogP contribution in [0.1, 0.15) is 18.5 Å². The molecule has 0 saturated heterocycles. The van der Waals surface area contributed by atoms with Crippen LogP contribution in [0.3, 0.4) is 0 Å². The molecule has 0 aromatic heterocycles. The van der Waals surface area contributed by atoms with E-state index < -0.39 is 27.7 Å². The fourth-order valence-electron chi connectivity index (χ4n) is 1.83. The van der Waals surface area contributed by atoms with Gasteiger partial charge in [0.25, 0.3) is 0 Å². The van der Waals surface area contributed by atoms with Gasteiger partial charge in [-0.25, -0.2) is 21.9 Å². The summed E-state index contributed by atoms with van der Waals surface area (Å²) in [6.45, 7) is 1.50. The number of hydrogen-bond acceptors (Lipinski definition) is 2. The molecular formula is C14H11Cl2F2NO2S. The Morgan fingerprint density at radius 3 is 2.36 bits per heavy atom. The first-order chi connectivity index (χ1) is 10.2. The average molecular weight is 366 g/mol. The molecular weight excluding hydrogens is 355 g/mol. The molecule has 0 bridgehead atoms. The van der Waals surface area contributed by atoms with Crippen LogP contribution >= 0.6 is 23.2 Å². The molecule has 3 nitrogen and oxygen atoms in total. The van der Waals surface area contributed by atoms with Crippen molar-refractivity contribution in [2.24, 2.45) is 0 Å². The third-order valence-electron chi connectivity index (χ3n) is 2.96. The number of sulfonamides is 1. The van der Waals surface area contributed by atoms with Crippen LogP contribution in [0.4, 0.5) is 8.78 Å². The van der Waals surface area contributed by atoms with Crippen LogP contribution in [-0.4, -0.2) is 8.42 Å². The van der Waals surface area contributed by atoms with Crippen molar-refractivity contribution < 1.29 is 17.2 Å². The van der Waals surface area contributed by atoms with E-state index in [1.807, 2.05) is 0 Å². The van der Waals surface area contributed by atoms with Crippen LogP contribution in [0.5, 0.6) is 0 Å². The summed E-state index contributed by atoms with van der Waals surface area (Å²) >= 11 is 11.6. The van der Waals surface area contributed by atoms with Crippen molar-refractivity contribution in [1.29, 1.82) is 0 Å². The third kappa shape index (κ3) is 3.76. The Morgan fingerprint density at radius 1 is 1.05 bits per heavy atom. The van der Waals surface area contributed by atoms with Gasteiger partial charge in [-0.3, -0.25) is 0 Å². The molecule has 0 heterocycles. The van der Waals surface area contributed by atoms with Gasteiger partial charge in [0.15, 0.2) is 11.6 Å². The van der Waals surface area contributed by atoms with E-state index in [2.05, 4.69) is 4.72 Å². The molecule has 0 spiro atoms. The minimum atomic E-state index is -3.97. The second-order valence-electron chi connectivity index (χ2n) is 4.59. The molecule has 1 atom stereocenters. The maximum atomic E-state index is 13.2. The maximum Gasteiger partial charge on any atom is 0.242 e. The second kappa shape index (κ2) is 6.50. The molecule has 2 aromatic carbocycles. The molecule has 2 aromatic rings. The van der Waals surface area contributed by atoms with Crippen molar-refractivity contribution in [2.45, 2.75) is 17.9 Å². The van der Waals surface area contributed by atoms with Crippen LogP contribution in [0.25, 0.3) is 0 Å². The van der Waals surface area contributed by atoms with Gasteiger partial charge in [-0.1, -0.05) is 29.3 Å². The van der Waals surface area contributed by atoms with Gasteiger partial charge in [-0.15, -0.1) is 0 Å². The molecule has 1 unspecified atom stereocenters. The summed E-state index contributed by atoms with van der Waals surface area (Å²) in [6, 6.07) is 6.41. The third-order valence-corrected chi connectivity index (χ3v) is 5.22. The first kappa shape index (κ1) is 17.1. The first-order valence-electron chi connectivity index (χ1n) is 6.13. The molecule has 0 radical (unpaired) electrons. The van der Waals surface area contributed by atoms with Gasteiger partial charge in [0.05, 0.1) is 5.02 Å². The number of hydrogen-bond donors (Lipinski definition) is 1. The predicted molar refractivity (Wildman–Crippen MR) is 81.6 cm³/mol. The van der Waals surface area contributed by atoms with E-state index in [1.165, 1.54) is 31.2 Å². The van der Waals surface area contributed by atoms with E-state index in [9.17, 15) is 17.2 Å². The summed E-state index contributed by atoms with van der Waals surface area (Å²) in [7, 11) is -3.97. The van der Waals surface area contributed by atoms with Crippen LogP contribution in [-0.2, 0) is 10.0 Å². The number of rotatable bonds is 4. The standard InChI is InChI=1S/C14H11Cl2F2NO2S/c1-8(9-2-5-12(17)13(18)6-9)19-22(20,21)14-7-10(15)3-4-11(14)16/h2-8,19H,1H3. The zero-order valence-electron chi connectivity index (χ0n) is 11.3. The smallest absolute Gasteiger partial charge is 0.207 e. The van der Waals surface area contributed by atoms with Crippen molar-refractivity contribution in [3.05, 3.63) is 63.6 Å². The molecule has 0 aliphatic carbocycles. The van der Waals surface area contributed by atoms with E-state index in [4.69, 9.17) is 23.2 Å². The van der Waals surface area contributed by atoms with E-state index >= 15 is 0 Å². The lowest BCUT2D eigenvalue weighted by Gasteiger charge is -2.15. The molecule has 0 saturated carbocycles. The summed E-state index contributed by atoms with van der Waals surface area (Å²) in [6.07, 6.45) is 0. The maximum absolute atomic E-state index is 13.2. The molecule has 0 aliphatic heterocycles. The second-order valence-corrected chi connectivity index (χ2v) is 7.12. The summed E-state index contributed by atoms with van der Waals surface area (Å²) in [5.41, 5.74) is 0.278. The summed E-state index contributed by atoms with van der Waals surface area (Å²) in [4.78, 5) is -0.184. The lowest BCUT2D eigenvalue weighted by Crippen LogP contribution is -2.27. The Labute approximate surface area is 136 Å². The topological polar surface area (TPSA) is 46.2 Å². The van der Waals surface area contributed by atoms with E-state index in [0.29, 0.717) is 0 Å². The van der Waals surface area contributed by atoms with Crippen molar-refractivity contribution in [2.75, 3.05) is 0 Å². The molecule has 22 heavy (non-hydrogen) atoms. The average Bonchev–Trinajstić information content (AvgIpc) is 2.43. The Balaban J connectivity index is 2.31. The van der Waals surface area contributed by atoms with Gasteiger partial charge in [0, 0.05) is 11.1 Å². The minimum absolute atomic E-state index is 0.00869. The van der Waals surface area contributed by atoms with Crippen molar-refractivity contribution in [3.63, 3.8) is 0 Å². The van der Waals surface area contributed by atoms with E-state index in [0.717, 1.165) is 12.1 Å². The lowest BCUT2D eigenvalue weighted by molar-refractivity contribution is 0.504. The normalized spacial score (nSPS) is 13.1. The Kier molecular flexibility index (Phi) is 5.07. The van der Waals surface area contributed by atoms with Gasteiger partial charge >= 0.3 is 0 Å². The van der Waals surface area contributed by atoms with Gasteiger partial charge in [-0.2, -0.15) is 0 Å². The fraction of sp³-hybridized carbons (Fsp3) is 0.143. The molecule has 0 fully saturated rings. The van der Waals surface area contributed by atoms with Gasteiger partial charge in [-0.05, 0) is 42.8 Å². The molecule has 8 heteroatoms. The van der Waals surface area contributed by atoms with Crippen LogP contribution in [0.15, 0.2) is 41.3 Å². The zero-order valence-corrected chi connectivity index (χ0v) is 13.6. The molecule has 2 rings (SSSR count). The zero-order chi connectivity index (χ0) is 16.5. The van der Waals surface area contributed by atoms with Crippen molar-refractivity contribution >= 4 is 33.2 Å². The molecule has 1 N–H and O–H groups in total. The van der Waals surface area contributed by atoms with E-state index in [1.54, 1.807) is 0 Å². The summed E-state index contributed by atoms with van der Waals surface area (Å²) in [5, 5.41) is 0.222. The Bertz CT molecular complexity index is 812. The van der Waals surface area contributed by atoms with Crippen molar-refractivity contribution in [1.82, 2.24) is 4.72 Å². The van der Waals surface area contributed by atoms with Crippen LogP contribution < -0.4 is 4.72 Å². The Hall–Kier alpha value is -1.21. The fourth-order valence-corrected chi connectivity index (χ4v) is 3.82. The largest absolute Gasteiger partial charge is 0.242 e. The van der Waals surface area contributed by atoms with Crippen molar-refractivity contribution in [3.8, 4) is 0 Å². The lowest BCUT2D eigenvalue weighted by atomic mass is 10.1. The summed E-state index contributed by atoms with van der Waals surface area (Å²) in [5.74, 6) is -2.05. The highest BCUT2D eigenvalue weighted by molar-refractivity contribution is 7.89. The first-order valence-corrected chi connectivity index (χ1v) is 8.37. The molecule has 0 aliphatic rings. The van der Waals surface area contributed by atoms with E-state index in [-0.39, 0.29) is 20.5 Å². The highest BCUT2D eigenvalue weighted by Crippen LogP contribution is 2.26. The highest BCUT2D eigenvalue weighted by atomic mass is 35.5. The minimum Gasteiger partial charge on any atom is -0.207 e. The van der Waals surface area contributed by atoms with Crippen LogP contribution in [0, 0.1) is 11.6 Å². The highest BCUT2D eigenvalue weighted by Gasteiger charge is 2.22. The SMILES string of the molecule is CC(NS(=O)(=O)c1cc(Cl)ccc1Cl)c1ccc(F)c(F)c1.